The average molecular weight is 385 g/mol. The van der Waals surface area contributed by atoms with Crippen LogP contribution in [0.25, 0.3) is 0 Å². The third-order valence-corrected chi connectivity index (χ3v) is 5.90. The van der Waals surface area contributed by atoms with Crippen molar-refractivity contribution in [2.24, 2.45) is 0 Å². The number of amides is 1. The van der Waals surface area contributed by atoms with Gasteiger partial charge in [0.05, 0.1) is 25.5 Å². The molecule has 0 aromatic heterocycles. The maximum Gasteiger partial charge on any atom is 0.263 e. The molecule has 2 aliphatic rings. The molecule has 1 amide bonds. The Morgan fingerprint density at radius 3 is 2.41 bits per heavy atom. The zero-order valence-corrected chi connectivity index (χ0v) is 16.1. The maximum atomic E-state index is 13.7. The number of anilines is 1. The smallest absolute Gasteiger partial charge is 0.263 e. The fourth-order valence-electron chi connectivity index (χ4n) is 4.65. The molecule has 144 valence electrons. The molecule has 0 fully saturated rings. The summed E-state index contributed by atoms with van der Waals surface area (Å²) in [4.78, 5) is 28.8. The van der Waals surface area contributed by atoms with Crippen molar-refractivity contribution < 1.29 is 19.1 Å². The molecule has 0 radical (unpaired) electrons. The molecular weight excluding hydrogens is 366 g/mol. The van der Waals surface area contributed by atoms with Gasteiger partial charge in [0.2, 0.25) is 0 Å². The van der Waals surface area contributed by atoms with Gasteiger partial charge in [0.1, 0.15) is 17.0 Å². The number of ether oxygens (including phenoxy) is 2. The molecule has 2 aliphatic heterocycles. The normalized spacial score (nSPS) is 19.4. The third-order valence-electron chi connectivity index (χ3n) is 5.90. The van der Waals surface area contributed by atoms with E-state index in [0.29, 0.717) is 28.3 Å². The Bertz CT molecular complexity index is 1150. The summed E-state index contributed by atoms with van der Waals surface area (Å²) >= 11 is 0. The minimum absolute atomic E-state index is 0.0255. The Kier molecular flexibility index (Phi) is 3.74. The van der Waals surface area contributed by atoms with Crippen LogP contribution in [0, 0.1) is 0 Å². The molecule has 2 heterocycles. The summed E-state index contributed by atoms with van der Waals surface area (Å²) in [5.74, 6) is 0.911. The predicted molar refractivity (Wildman–Crippen MR) is 109 cm³/mol. The van der Waals surface area contributed by atoms with Crippen LogP contribution in [0.15, 0.2) is 66.7 Å². The molecular formula is C24H19NO4. The number of carbonyl (C=O) groups is 2. The van der Waals surface area contributed by atoms with E-state index in [9.17, 15) is 9.59 Å². The highest BCUT2D eigenvalue weighted by molar-refractivity contribution is 6.20. The van der Waals surface area contributed by atoms with Crippen LogP contribution >= 0.6 is 0 Å². The van der Waals surface area contributed by atoms with Crippen LogP contribution in [-0.4, -0.2) is 25.9 Å². The summed E-state index contributed by atoms with van der Waals surface area (Å²) in [6.45, 7) is 0. The molecule has 3 aromatic rings. The van der Waals surface area contributed by atoms with Crippen LogP contribution in [0.1, 0.15) is 38.3 Å². The summed E-state index contributed by atoms with van der Waals surface area (Å²) in [6, 6.07) is 20.6. The number of hydrogen-bond donors (Lipinski definition) is 0. The molecule has 1 atom stereocenters. The highest BCUT2D eigenvalue weighted by Crippen LogP contribution is 2.54. The van der Waals surface area contributed by atoms with E-state index in [1.165, 1.54) is 0 Å². The van der Waals surface area contributed by atoms with E-state index in [1.54, 1.807) is 43.4 Å². The number of hydrogen-bond acceptors (Lipinski definition) is 4. The van der Waals surface area contributed by atoms with Gasteiger partial charge in [-0.05, 0) is 35.4 Å². The SMILES string of the molecule is COc1ccc2c(c1)C(=O)CC1(c3ccccc3)c3cccc(OC)c3C(=O)N21. The topological polar surface area (TPSA) is 55.8 Å². The zero-order valence-electron chi connectivity index (χ0n) is 16.1. The van der Waals surface area contributed by atoms with Crippen LogP contribution in [0.4, 0.5) is 5.69 Å². The van der Waals surface area contributed by atoms with Gasteiger partial charge in [-0.1, -0.05) is 42.5 Å². The largest absolute Gasteiger partial charge is 0.497 e. The number of benzene rings is 3. The molecule has 0 spiro atoms. The van der Waals surface area contributed by atoms with Crippen LogP contribution < -0.4 is 14.4 Å². The molecule has 3 aromatic carbocycles. The highest BCUT2D eigenvalue weighted by atomic mass is 16.5. The second kappa shape index (κ2) is 6.21. The quantitative estimate of drug-likeness (QED) is 0.678. The Morgan fingerprint density at radius 2 is 1.69 bits per heavy atom. The first kappa shape index (κ1) is 17.5. The van der Waals surface area contributed by atoms with Crippen LogP contribution in [-0.2, 0) is 5.54 Å². The Balaban J connectivity index is 1.87. The van der Waals surface area contributed by atoms with Crippen molar-refractivity contribution in [2.75, 3.05) is 19.1 Å². The number of rotatable bonds is 3. The standard InChI is InChI=1S/C24H19NO4/c1-28-16-11-12-19-17(13-16)20(26)14-24(15-7-4-3-5-8-15)18-9-6-10-21(29-2)22(18)23(27)25(19)24/h3-13H,14H2,1-2H3. The molecule has 0 saturated carbocycles. The van der Waals surface area contributed by atoms with Gasteiger partial charge in [-0.2, -0.15) is 0 Å². The lowest BCUT2D eigenvalue weighted by molar-refractivity contribution is 0.0922. The molecule has 1 unspecified atom stereocenters. The average Bonchev–Trinajstić information content (AvgIpc) is 3.03. The molecule has 5 nitrogen and oxygen atoms in total. The number of ketones is 1. The van der Waals surface area contributed by atoms with Gasteiger partial charge in [0.25, 0.3) is 5.91 Å². The van der Waals surface area contributed by atoms with Gasteiger partial charge >= 0.3 is 0 Å². The second-order valence-corrected chi connectivity index (χ2v) is 7.23. The van der Waals surface area contributed by atoms with Crippen molar-refractivity contribution in [3.63, 3.8) is 0 Å². The minimum Gasteiger partial charge on any atom is -0.497 e. The number of fused-ring (bicyclic) bond motifs is 5. The summed E-state index contributed by atoms with van der Waals surface area (Å²) in [6.07, 6.45) is 0.156. The van der Waals surface area contributed by atoms with Gasteiger partial charge in [-0.25, -0.2) is 0 Å². The number of Topliss-reactive ketones (excluding diaryl/α,β-unsaturated/α-hetero) is 1. The van der Waals surface area contributed by atoms with E-state index in [0.717, 1.165) is 11.1 Å². The van der Waals surface area contributed by atoms with Crippen molar-refractivity contribution in [3.05, 3.63) is 89.0 Å². The van der Waals surface area contributed by atoms with Gasteiger partial charge in [-0.3, -0.25) is 14.5 Å². The minimum atomic E-state index is -0.902. The van der Waals surface area contributed by atoms with Gasteiger partial charge in [0.15, 0.2) is 5.78 Å². The molecule has 5 rings (SSSR count). The first-order chi connectivity index (χ1) is 14.1. The summed E-state index contributed by atoms with van der Waals surface area (Å²) in [5, 5.41) is 0. The molecule has 0 bridgehead atoms. The van der Waals surface area contributed by atoms with Gasteiger partial charge in [-0.15, -0.1) is 0 Å². The lowest BCUT2D eigenvalue weighted by Gasteiger charge is -2.43. The maximum absolute atomic E-state index is 13.7. The highest BCUT2D eigenvalue weighted by Gasteiger charge is 2.56. The number of methoxy groups -OCH3 is 2. The fraction of sp³-hybridized carbons (Fsp3) is 0.167. The first-order valence-electron chi connectivity index (χ1n) is 9.40. The van der Waals surface area contributed by atoms with E-state index in [1.807, 2.05) is 42.5 Å². The molecule has 29 heavy (non-hydrogen) atoms. The summed E-state index contributed by atoms with van der Waals surface area (Å²) in [5.41, 5.74) is 2.39. The van der Waals surface area contributed by atoms with E-state index >= 15 is 0 Å². The number of carbonyl (C=O) groups excluding carboxylic acids is 2. The van der Waals surface area contributed by atoms with E-state index in [-0.39, 0.29) is 18.1 Å². The van der Waals surface area contributed by atoms with Crippen LogP contribution in [0.3, 0.4) is 0 Å². The number of nitrogens with zero attached hydrogens (tertiary/aromatic N) is 1. The van der Waals surface area contributed by atoms with Crippen molar-refractivity contribution in [1.82, 2.24) is 0 Å². The van der Waals surface area contributed by atoms with Crippen LogP contribution in [0.5, 0.6) is 11.5 Å². The Labute approximate surface area is 168 Å². The van der Waals surface area contributed by atoms with E-state index in [2.05, 4.69) is 0 Å². The van der Waals surface area contributed by atoms with Gasteiger partial charge < -0.3 is 9.47 Å². The van der Waals surface area contributed by atoms with E-state index in [4.69, 9.17) is 9.47 Å². The lowest BCUT2D eigenvalue weighted by Crippen LogP contribution is -2.50. The lowest BCUT2D eigenvalue weighted by atomic mass is 9.75. The third kappa shape index (κ3) is 2.21. The van der Waals surface area contributed by atoms with E-state index < -0.39 is 5.54 Å². The van der Waals surface area contributed by atoms with Crippen molar-refractivity contribution >= 4 is 17.4 Å². The van der Waals surface area contributed by atoms with Crippen molar-refractivity contribution in [1.29, 1.82) is 0 Å². The molecule has 5 heteroatoms. The van der Waals surface area contributed by atoms with Crippen molar-refractivity contribution in [3.8, 4) is 11.5 Å². The molecule has 0 N–H and O–H groups in total. The monoisotopic (exact) mass is 385 g/mol. The fourth-order valence-corrected chi connectivity index (χ4v) is 4.65. The Hall–Kier alpha value is -3.60. The summed E-state index contributed by atoms with van der Waals surface area (Å²) in [7, 11) is 3.12. The zero-order chi connectivity index (χ0) is 20.2. The molecule has 0 aliphatic carbocycles. The Morgan fingerprint density at radius 1 is 0.897 bits per heavy atom. The predicted octanol–water partition coefficient (Wildman–Crippen LogP) is 4.19. The summed E-state index contributed by atoms with van der Waals surface area (Å²) < 4.78 is 10.8. The van der Waals surface area contributed by atoms with Crippen molar-refractivity contribution in [2.45, 2.75) is 12.0 Å². The molecule has 0 saturated heterocycles. The van der Waals surface area contributed by atoms with Gasteiger partial charge in [0, 0.05) is 12.0 Å². The van der Waals surface area contributed by atoms with Crippen LogP contribution in [0.2, 0.25) is 0 Å². The second-order valence-electron chi connectivity index (χ2n) is 7.23. The first-order valence-corrected chi connectivity index (χ1v) is 9.40.